The van der Waals surface area contributed by atoms with Crippen molar-refractivity contribution >= 4 is 31.9 Å². The Bertz CT molecular complexity index is 613. The Kier molecular flexibility index (Phi) is 6.24. The molecule has 1 atom stereocenters. The summed E-state index contributed by atoms with van der Waals surface area (Å²) in [7, 11) is -4.16. The number of carboxylic acids is 1. The van der Waals surface area contributed by atoms with Crippen LogP contribution in [0.1, 0.15) is 19.8 Å². The monoisotopic (exact) mass is 385 g/mol. The Morgan fingerprint density at radius 1 is 1.43 bits per heavy atom. The van der Waals surface area contributed by atoms with E-state index in [9.17, 15) is 22.0 Å². The van der Waals surface area contributed by atoms with Crippen molar-refractivity contribution in [2.45, 2.75) is 24.7 Å². The highest BCUT2D eigenvalue weighted by molar-refractivity contribution is 9.10. The quantitative estimate of drug-likeness (QED) is 0.755. The van der Waals surface area contributed by atoms with E-state index in [1.807, 2.05) is 0 Å². The third-order valence-electron chi connectivity index (χ3n) is 2.70. The van der Waals surface area contributed by atoms with Gasteiger partial charge < -0.3 is 5.11 Å². The van der Waals surface area contributed by atoms with Crippen LogP contribution >= 0.6 is 15.9 Å². The number of hydrogen-bond acceptors (Lipinski definition) is 3. The van der Waals surface area contributed by atoms with Crippen LogP contribution in [-0.4, -0.2) is 26.0 Å². The minimum atomic E-state index is -4.16. The number of benzene rings is 1. The van der Waals surface area contributed by atoms with Gasteiger partial charge in [0, 0.05) is 23.5 Å². The van der Waals surface area contributed by atoms with E-state index < -0.39 is 32.5 Å². The van der Waals surface area contributed by atoms with Crippen molar-refractivity contribution < 1.29 is 27.1 Å². The molecular weight excluding hydrogens is 372 g/mol. The molecule has 2 N–H and O–H groups in total. The summed E-state index contributed by atoms with van der Waals surface area (Å²) in [4.78, 5) is 9.75. The van der Waals surface area contributed by atoms with E-state index in [1.54, 1.807) is 6.92 Å². The van der Waals surface area contributed by atoms with Crippen LogP contribution in [-0.2, 0) is 14.8 Å². The molecule has 0 saturated carbocycles. The van der Waals surface area contributed by atoms with Crippen molar-refractivity contribution in [3.8, 4) is 0 Å². The molecule has 0 aliphatic heterocycles. The lowest BCUT2D eigenvalue weighted by Gasteiger charge is -2.13. The number of nitrogens with one attached hydrogen (secondary N) is 1. The summed E-state index contributed by atoms with van der Waals surface area (Å²) in [5.41, 5.74) is 0. The molecule has 0 bridgehead atoms. The second kappa shape index (κ2) is 7.28. The fraction of sp³-hybridized carbons (Fsp3) is 0.417. The van der Waals surface area contributed by atoms with E-state index in [2.05, 4.69) is 20.7 Å². The normalized spacial score (nSPS) is 13.1. The Hall–Kier alpha value is -1.06. The van der Waals surface area contributed by atoms with E-state index >= 15 is 0 Å². The topological polar surface area (TPSA) is 83.5 Å². The second-order valence-electron chi connectivity index (χ2n) is 4.59. The summed E-state index contributed by atoms with van der Waals surface area (Å²) in [6.45, 7) is 1.63. The molecule has 0 aromatic heterocycles. The molecule has 9 heteroatoms. The highest BCUT2D eigenvalue weighted by atomic mass is 79.9. The van der Waals surface area contributed by atoms with Crippen LogP contribution in [0.4, 0.5) is 8.78 Å². The third kappa shape index (κ3) is 5.33. The zero-order valence-corrected chi connectivity index (χ0v) is 13.5. The van der Waals surface area contributed by atoms with Crippen LogP contribution in [0.15, 0.2) is 21.5 Å². The van der Waals surface area contributed by atoms with Crippen molar-refractivity contribution in [1.82, 2.24) is 4.72 Å². The molecule has 0 heterocycles. The first-order valence-corrected chi connectivity index (χ1v) is 8.27. The molecular formula is C12H14BrF2NO4S. The van der Waals surface area contributed by atoms with Gasteiger partial charge in [0.25, 0.3) is 0 Å². The highest BCUT2D eigenvalue weighted by Crippen LogP contribution is 2.26. The van der Waals surface area contributed by atoms with E-state index in [0.717, 1.165) is 6.07 Å². The molecule has 0 aliphatic rings. The first kappa shape index (κ1) is 18.0. The Morgan fingerprint density at radius 2 is 2.05 bits per heavy atom. The lowest BCUT2D eigenvalue weighted by molar-refractivity contribution is -0.137. The van der Waals surface area contributed by atoms with E-state index in [4.69, 9.17) is 5.11 Å². The van der Waals surface area contributed by atoms with Gasteiger partial charge in [-0.3, -0.25) is 4.79 Å². The number of halogens is 3. The number of sulfonamides is 1. The van der Waals surface area contributed by atoms with Gasteiger partial charge in [0.1, 0.15) is 16.5 Å². The number of carboxylic acid groups (broad SMARTS) is 1. The second-order valence-corrected chi connectivity index (χ2v) is 7.15. The summed E-state index contributed by atoms with van der Waals surface area (Å²) in [6.07, 6.45) is 0.197. The van der Waals surface area contributed by atoms with E-state index in [1.165, 1.54) is 0 Å². The first-order valence-electron chi connectivity index (χ1n) is 5.99. The highest BCUT2D eigenvalue weighted by Gasteiger charge is 2.24. The minimum Gasteiger partial charge on any atom is -0.481 e. The Balaban J connectivity index is 2.81. The standard InChI is InChI=1S/C12H14BrF2NO4S/c1-7(2-3-11(17)18)6-16-21(19,20)12-9(13)4-8(14)5-10(12)15/h4-5,7,16H,2-3,6H2,1H3,(H,17,18). The van der Waals surface area contributed by atoms with Gasteiger partial charge in [0.2, 0.25) is 10.0 Å². The van der Waals surface area contributed by atoms with E-state index in [0.29, 0.717) is 6.07 Å². The molecule has 5 nitrogen and oxygen atoms in total. The van der Waals surface area contributed by atoms with E-state index in [-0.39, 0.29) is 29.8 Å². The molecule has 0 fully saturated rings. The van der Waals surface area contributed by atoms with Gasteiger partial charge in [-0.1, -0.05) is 6.92 Å². The lowest BCUT2D eigenvalue weighted by atomic mass is 10.1. The van der Waals surface area contributed by atoms with Gasteiger partial charge in [-0.15, -0.1) is 0 Å². The molecule has 0 aliphatic carbocycles. The molecule has 21 heavy (non-hydrogen) atoms. The van der Waals surface area contributed by atoms with Crippen LogP contribution in [0, 0.1) is 17.6 Å². The molecule has 1 unspecified atom stereocenters. The van der Waals surface area contributed by atoms with Crippen LogP contribution in [0.25, 0.3) is 0 Å². The minimum absolute atomic E-state index is 0.0428. The molecule has 1 rings (SSSR count). The van der Waals surface area contributed by atoms with Crippen LogP contribution in [0.5, 0.6) is 0 Å². The van der Waals surface area contributed by atoms with Crippen molar-refractivity contribution in [2.75, 3.05) is 6.54 Å². The average Bonchev–Trinajstić information content (AvgIpc) is 2.32. The van der Waals surface area contributed by atoms with Crippen molar-refractivity contribution in [1.29, 1.82) is 0 Å². The summed E-state index contributed by atoms with van der Waals surface area (Å²) in [6, 6.07) is 1.33. The largest absolute Gasteiger partial charge is 0.481 e. The molecule has 1 aromatic rings. The van der Waals surface area contributed by atoms with Crippen molar-refractivity contribution in [2.24, 2.45) is 5.92 Å². The average molecular weight is 386 g/mol. The maximum absolute atomic E-state index is 13.6. The van der Waals surface area contributed by atoms with Crippen LogP contribution < -0.4 is 4.72 Å². The number of rotatable bonds is 7. The summed E-state index contributed by atoms with van der Waals surface area (Å²) in [5.74, 6) is -3.31. The van der Waals surface area contributed by atoms with Gasteiger partial charge in [-0.2, -0.15) is 0 Å². The smallest absolute Gasteiger partial charge is 0.303 e. The fourth-order valence-electron chi connectivity index (χ4n) is 1.58. The number of hydrogen-bond donors (Lipinski definition) is 2. The molecule has 0 amide bonds. The van der Waals surface area contributed by atoms with Gasteiger partial charge in [0.05, 0.1) is 0 Å². The van der Waals surface area contributed by atoms with Crippen LogP contribution in [0.3, 0.4) is 0 Å². The van der Waals surface area contributed by atoms with Gasteiger partial charge in [-0.05, 0) is 34.3 Å². The zero-order chi connectivity index (χ0) is 16.2. The van der Waals surface area contributed by atoms with Crippen molar-refractivity contribution in [3.63, 3.8) is 0 Å². The summed E-state index contributed by atoms with van der Waals surface area (Å²) in [5, 5.41) is 8.54. The number of carbonyl (C=O) groups is 1. The van der Waals surface area contributed by atoms with Gasteiger partial charge in [-0.25, -0.2) is 21.9 Å². The molecule has 1 aromatic carbocycles. The molecule has 118 valence electrons. The molecule has 0 saturated heterocycles. The Morgan fingerprint density at radius 3 is 2.57 bits per heavy atom. The number of aliphatic carboxylic acids is 1. The first-order chi connectivity index (χ1) is 9.63. The maximum Gasteiger partial charge on any atom is 0.303 e. The Labute approximate surface area is 129 Å². The third-order valence-corrected chi connectivity index (χ3v) is 5.09. The SMILES string of the molecule is CC(CCC(=O)O)CNS(=O)(=O)c1c(F)cc(F)cc1Br. The van der Waals surface area contributed by atoms with Gasteiger partial charge in [0.15, 0.2) is 0 Å². The van der Waals surface area contributed by atoms with Crippen molar-refractivity contribution in [3.05, 3.63) is 28.2 Å². The molecule has 0 radical (unpaired) electrons. The van der Waals surface area contributed by atoms with Crippen LogP contribution in [0.2, 0.25) is 0 Å². The molecule has 0 spiro atoms. The summed E-state index contributed by atoms with van der Waals surface area (Å²) >= 11 is 2.81. The lowest BCUT2D eigenvalue weighted by Crippen LogP contribution is -2.29. The zero-order valence-electron chi connectivity index (χ0n) is 11.1. The predicted molar refractivity (Wildman–Crippen MR) is 75.3 cm³/mol. The predicted octanol–water partition coefficient (Wildman–Crippen LogP) is 2.51. The summed E-state index contributed by atoms with van der Waals surface area (Å²) < 4.78 is 52.5. The van der Waals surface area contributed by atoms with Gasteiger partial charge >= 0.3 is 5.97 Å². The maximum atomic E-state index is 13.6. The fourth-order valence-corrected chi connectivity index (χ4v) is 3.91.